The van der Waals surface area contributed by atoms with Crippen molar-refractivity contribution in [1.29, 1.82) is 0 Å². The van der Waals surface area contributed by atoms with Crippen LogP contribution in [0.15, 0.2) is 48.7 Å². The van der Waals surface area contributed by atoms with Crippen LogP contribution in [-0.4, -0.2) is 27.2 Å². The Balaban J connectivity index is 2.28. The van der Waals surface area contributed by atoms with E-state index in [-0.39, 0.29) is 0 Å². The lowest BCUT2D eigenvalue weighted by molar-refractivity contribution is 0.00626. The smallest absolute Gasteiger partial charge is 0.358 e. The van der Waals surface area contributed by atoms with Gasteiger partial charge in [-0.15, -0.1) is 0 Å². The van der Waals surface area contributed by atoms with E-state index in [1.807, 2.05) is 51.1 Å². The zero-order valence-corrected chi connectivity index (χ0v) is 13.8. The minimum absolute atomic E-state index is 0.315. The third kappa shape index (κ3) is 2.93. The number of fused-ring (bicyclic) bond motifs is 1. The molecule has 0 bridgehead atoms. The molecule has 1 aromatic carbocycles. The molecule has 2 heterocycles. The molecule has 0 spiro atoms. The number of benzene rings is 1. The first-order chi connectivity index (χ1) is 11.4. The Morgan fingerprint density at radius 3 is 2.46 bits per heavy atom. The molecule has 0 amide bonds. The zero-order valence-electron chi connectivity index (χ0n) is 13.8. The van der Waals surface area contributed by atoms with Gasteiger partial charge in [0.05, 0.1) is 5.56 Å². The third-order valence-electron chi connectivity index (χ3n) is 3.45. The topological polar surface area (TPSA) is 60.7 Å². The quantitative estimate of drug-likeness (QED) is 0.544. The second-order valence-corrected chi connectivity index (χ2v) is 6.45. The van der Waals surface area contributed by atoms with Crippen LogP contribution < -0.4 is 0 Å². The minimum atomic E-state index is -0.628. The molecule has 0 aliphatic carbocycles. The number of aldehydes is 1. The van der Waals surface area contributed by atoms with Gasteiger partial charge in [-0.3, -0.25) is 9.20 Å². The molecule has 0 saturated carbocycles. The molecule has 0 atom stereocenters. The molecular formula is C19H18N2O3. The molecule has 3 rings (SSSR count). The number of aromatic nitrogens is 2. The van der Waals surface area contributed by atoms with Crippen molar-refractivity contribution in [2.75, 3.05) is 0 Å². The summed E-state index contributed by atoms with van der Waals surface area (Å²) in [5, 5.41) is 0. The molecular weight excluding hydrogens is 304 g/mol. The summed E-state index contributed by atoms with van der Waals surface area (Å²) in [7, 11) is 0. The minimum Gasteiger partial charge on any atom is -0.455 e. The van der Waals surface area contributed by atoms with Gasteiger partial charge in [0.1, 0.15) is 16.9 Å². The number of imidazole rings is 1. The molecule has 0 aliphatic heterocycles. The van der Waals surface area contributed by atoms with E-state index >= 15 is 0 Å². The molecule has 3 aromatic rings. The molecule has 0 radical (unpaired) electrons. The summed E-state index contributed by atoms with van der Waals surface area (Å²) >= 11 is 0. The average molecular weight is 322 g/mol. The number of pyridine rings is 1. The summed E-state index contributed by atoms with van der Waals surface area (Å²) < 4.78 is 7.15. The van der Waals surface area contributed by atoms with E-state index in [1.54, 1.807) is 22.7 Å². The predicted octanol–water partition coefficient (Wildman–Crippen LogP) is 3.77. The van der Waals surface area contributed by atoms with Gasteiger partial charge < -0.3 is 4.74 Å². The second-order valence-electron chi connectivity index (χ2n) is 6.45. The van der Waals surface area contributed by atoms with Crippen LogP contribution in [0, 0.1) is 0 Å². The molecule has 5 nitrogen and oxygen atoms in total. The van der Waals surface area contributed by atoms with E-state index in [2.05, 4.69) is 4.98 Å². The van der Waals surface area contributed by atoms with Crippen molar-refractivity contribution in [2.45, 2.75) is 26.4 Å². The highest BCUT2D eigenvalue weighted by molar-refractivity contribution is 5.98. The number of hydrogen-bond acceptors (Lipinski definition) is 4. The molecule has 24 heavy (non-hydrogen) atoms. The summed E-state index contributed by atoms with van der Waals surface area (Å²) in [6.07, 6.45) is 2.44. The van der Waals surface area contributed by atoms with Crippen molar-refractivity contribution in [2.24, 2.45) is 0 Å². The van der Waals surface area contributed by atoms with Gasteiger partial charge in [-0.25, -0.2) is 9.78 Å². The number of rotatable bonds is 3. The Hall–Kier alpha value is -2.95. The summed E-state index contributed by atoms with van der Waals surface area (Å²) in [5.41, 5.74) is 1.84. The van der Waals surface area contributed by atoms with Crippen LogP contribution in [0.25, 0.3) is 16.9 Å². The lowest BCUT2D eigenvalue weighted by Crippen LogP contribution is -2.25. The van der Waals surface area contributed by atoms with Gasteiger partial charge in [0.25, 0.3) is 0 Å². The van der Waals surface area contributed by atoms with Crippen LogP contribution in [-0.2, 0) is 4.74 Å². The lowest BCUT2D eigenvalue weighted by atomic mass is 10.1. The van der Waals surface area contributed by atoms with Crippen LogP contribution in [0.3, 0.4) is 0 Å². The predicted molar refractivity (Wildman–Crippen MR) is 91.2 cm³/mol. The monoisotopic (exact) mass is 322 g/mol. The summed E-state index contributed by atoms with van der Waals surface area (Å²) in [5.74, 6) is -0.475. The summed E-state index contributed by atoms with van der Waals surface area (Å²) in [6, 6.07) is 12.8. The highest BCUT2D eigenvalue weighted by Gasteiger charge is 2.26. The van der Waals surface area contributed by atoms with Crippen molar-refractivity contribution >= 4 is 17.9 Å². The Morgan fingerprint density at radius 2 is 1.83 bits per heavy atom. The van der Waals surface area contributed by atoms with Crippen LogP contribution in [0.1, 0.15) is 41.6 Å². The Kier molecular flexibility index (Phi) is 3.93. The van der Waals surface area contributed by atoms with Gasteiger partial charge in [0.2, 0.25) is 0 Å². The zero-order chi connectivity index (χ0) is 17.3. The van der Waals surface area contributed by atoms with Crippen molar-refractivity contribution in [3.05, 3.63) is 59.9 Å². The van der Waals surface area contributed by atoms with Crippen molar-refractivity contribution in [3.63, 3.8) is 0 Å². The number of ether oxygens (including phenoxy) is 1. The van der Waals surface area contributed by atoms with Crippen LogP contribution >= 0.6 is 0 Å². The summed E-state index contributed by atoms with van der Waals surface area (Å²) in [6.45, 7) is 5.44. The van der Waals surface area contributed by atoms with Gasteiger partial charge in [-0.05, 0) is 32.9 Å². The van der Waals surface area contributed by atoms with E-state index in [9.17, 15) is 9.59 Å². The molecule has 0 saturated heterocycles. The molecule has 2 aromatic heterocycles. The standard InChI is InChI=1S/C19H18N2O3/c1-19(2,3)24-18(23)16-15(13-8-5-4-6-9-13)20-17-14(12-22)10-7-11-21(16)17/h4-12H,1-3H3. The molecule has 0 fully saturated rings. The largest absolute Gasteiger partial charge is 0.455 e. The Bertz CT molecular complexity index is 906. The van der Waals surface area contributed by atoms with Crippen molar-refractivity contribution in [3.8, 4) is 11.3 Å². The molecule has 0 N–H and O–H groups in total. The molecule has 5 heteroatoms. The average Bonchev–Trinajstić information content (AvgIpc) is 2.93. The highest BCUT2D eigenvalue weighted by Crippen LogP contribution is 2.27. The highest BCUT2D eigenvalue weighted by atomic mass is 16.6. The Morgan fingerprint density at radius 1 is 1.12 bits per heavy atom. The number of esters is 1. The SMILES string of the molecule is CC(C)(C)OC(=O)c1c(-c2ccccc2)nc2c(C=O)cccn12. The first kappa shape index (κ1) is 15.9. The van der Waals surface area contributed by atoms with Gasteiger partial charge in [0, 0.05) is 11.8 Å². The second kappa shape index (κ2) is 5.92. The van der Waals surface area contributed by atoms with Crippen LogP contribution in [0.2, 0.25) is 0 Å². The maximum Gasteiger partial charge on any atom is 0.358 e. The molecule has 0 aliphatic rings. The van der Waals surface area contributed by atoms with Gasteiger partial charge in [-0.2, -0.15) is 0 Å². The van der Waals surface area contributed by atoms with E-state index in [4.69, 9.17) is 4.74 Å². The summed E-state index contributed by atoms with van der Waals surface area (Å²) in [4.78, 5) is 28.6. The lowest BCUT2D eigenvalue weighted by Gasteiger charge is -2.19. The number of hydrogen-bond donors (Lipinski definition) is 0. The number of carbonyl (C=O) groups excluding carboxylic acids is 2. The maximum atomic E-state index is 12.8. The van der Waals surface area contributed by atoms with Crippen LogP contribution in [0.4, 0.5) is 0 Å². The molecule has 122 valence electrons. The third-order valence-corrected chi connectivity index (χ3v) is 3.45. The molecule has 0 unspecified atom stereocenters. The fourth-order valence-electron chi connectivity index (χ4n) is 2.50. The Labute approximate surface area is 139 Å². The van der Waals surface area contributed by atoms with E-state index in [0.717, 1.165) is 11.8 Å². The first-order valence-corrected chi connectivity index (χ1v) is 7.66. The fraction of sp³-hybridized carbons (Fsp3) is 0.211. The fourth-order valence-corrected chi connectivity index (χ4v) is 2.50. The van der Waals surface area contributed by atoms with Crippen molar-refractivity contribution < 1.29 is 14.3 Å². The van der Waals surface area contributed by atoms with Gasteiger partial charge in [0.15, 0.2) is 12.0 Å². The van der Waals surface area contributed by atoms with Crippen LogP contribution in [0.5, 0.6) is 0 Å². The van der Waals surface area contributed by atoms with Crippen molar-refractivity contribution in [1.82, 2.24) is 9.38 Å². The first-order valence-electron chi connectivity index (χ1n) is 7.66. The normalized spacial score (nSPS) is 11.5. The van der Waals surface area contributed by atoms with Gasteiger partial charge >= 0.3 is 5.97 Å². The van der Waals surface area contributed by atoms with Gasteiger partial charge in [-0.1, -0.05) is 30.3 Å². The van der Waals surface area contributed by atoms with E-state index in [0.29, 0.717) is 22.6 Å². The maximum absolute atomic E-state index is 12.8. The number of nitrogens with zero attached hydrogens (tertiary/aromatic N) is 2. The number of carbonyl (C=O) groups is 2. The van der Waals surface area contributed by atoms with E-state index in [1.165, 1.54) is 0 Å². The van der Waals surface area contributed by atoms with E-state index < -0.39 is 11.6 Å².